The summed E-state index contributed by atoms with van der Waals surface area (Å²) < 4.78 is 19.9. The van der Waals surface area contributed by atoms with Crippen molar-refractivity contribution in [3.63, 3.8) is 0 Å². The molecule has 0 N–H and O–H groups in total. The fraction of sp³-hybridized carbons (Fsp3) is 0.531. The number of hydrogen-bond donors (Lipinski definition) is 0. The number of rotatable bonds is 9. The van der Waals surface area contributed by atoms with Crippen molar-refractivity contribution in [2.24, 2.45) is 5.92 Å². The molecule has 1 aliphatic carbocycles. The fourth-order valence-corrected chi connectivity index (χ4v) is 6.60. The van der Waals surface area contributed by atoms with Crippen LogP contribution in [0.25, 0.3) is 0 Å². The van der Waals surface area contributed by atoms with Crippen molar-refractivity contribution in [3.8, 4) is 12.1 Å². The van der Waals surface area contributed by atoms with Gasteiger partial charge in [-0.15, -0.1) is 0 Å². The minimum Gasteiger partial charge on any atom is -0.462 e. The molecule has 2 aromatic rings. The third-order valence-corrected chi connectivity index (χ3v) is 9.02. The van der Waals surface area contributed by atoms with Crippen LogP contribution < -0.4 is 14.5 Å². The van der Waals surface area contributed by atoms with Crippen LogP contribution in [0.3, 0.4) is 0 Å². The number of halogens is 1. The summed E-state index contributed by atoms with van der Waals surface area (Å²) in [4.78, 5) is 44.0. The summed E-state index contributed by atoms with van der Waals surface area (Å²) in [7, 11) is 3.99. The summed E-state index contributed by atoms with van der Waals surface area (Å²) in [5.74, 6) is -0.208. The molecule has 1 aromatic heterocycles. The van der Waals surface area contributed by atoms with E-state index in [-0.39, 0.29) is 47.9 Å². The van der Waals surface area contributed by atoms with E-state index in [9.17, 15) is 19.2 Å². The lowest BCUT2D eigenvalue weighted by Crippen LogP contribution is -2.55. The molecule has 2 saturated heterocycles. The standard InChI is InChI=1S/C32H40FN7O3/c1-5-28(41)40-16-15-39(19-24(40)12-13-34)31-26-10-8-22(18-38(4)27-11-9-23(33)17-21(27)2)30(42)29(26)35-32(36-31)43-20-25-7-6-14-37(25)3/h5,9,11,17,22,24-25H,1,6-8,10,12,14-16,18-20H2,2-4H3/t22-,24?,25?/m0/s1. The largest absolute Gasteiger partial charge is 0.462 e. The number of ketones is 1. The lowest BCUT2D eigenvalue weighted by atomic mass is 9.85. The number of aryl methyl sites for hydroxylation is 1. The Bertz CT molecular complexity index is 1430. The molecule has 1 aromatic carbocycles. The molecule has 43 heavy (non-hydrogen) atoms. The number of carbonyl (C=O) groups is 2. The van der Waals surface area contributed by atoms with E-state index in [1.165, 1.54) is 18.2 Å². The van der Waals surface area contributed by atoms with Crippen LogP contribution in [-0.2, 0) is 11.2 Å². The Balaban J connectivity index is 1.43. The van der Waals surface area contributed by atoms with Crippen molar-refractivity contribution in [2.75, 3.05) is 63.2 Å². The fourth-order valence-electron chi connectivity index (χ4n) is 6.60. The number of ether oxygens (including phenoxy) is 1. The quantitative estimate of drug-likeness (QED) is 0.407. The molecule has 0 bridgehead atoms. The summed E-state index contributed by atoms with van der Waals surface area (Å²) in [6.45, 7) is 8.71. The maximum absolute atomic E-state index is 14.0. The summed E-state index contributed by atoms with van der Waals surface area (Å²) in [6.07, 6.45) is 4.82. The van der Waals surface area contributed by atoms with Crippen molar-refractivity contribution in [1.82, 2.24) is 19.8 Å². The Morgan fingerprint density at radius 2 is 2.07 bits per heavy atom. The van der Waals surface area contributed by atoms with E-state index in [0.717, 1.165) is 36.2 Å². The number of piperazine rings is 1. The van der Waals surface area contributed by atoms with Gasteiger partial charge in [-0.05, 0) is 76.0 Å². The average Bonchev–Trinajstić information content (AvgIpc) is 3.41. The average molecular weight is 590 g/mol. The Labute approximate surface area is 252 Å². The predicted octanol–water partition coefficient (Wildman–Crippen LogP) is 3.40. The number of nitrogens with zero attached hydrogens (tertiary/aromatic N) is 7. The maximum atomic E-state index is 14.0. The molecule has 2 fully saturated rings. The molecule has 0 saturated carbocycles. The van der Waals surface area contributed by atoms with E-state index in [1.54, 1.807) is 11.0 Å². The second kappa shape index (κ2) is 13.1. The summed E-state index contributed by atoms with van der Waals surface area (Å²) in [5.41, 5.74) is 2.85. The highest BCUT2D eigenvalue weighted by atomic mass is 19.1. The first kappa shape index (κ1) is 30.4. The third-order valence-electron chi connectivity index (χ3n) is 9.02. The molecular formula is C32H40FN7O3. The maximum Gasteiger partial charge on any atom is 0.319 e. The molecule has 10 nitrogen and oxygen atoms in total. The summed E-state index contributed by atoms with van der Waals surface area (Å²) in [6, 6.07) is 6.98. The molecule has 11 heteroatoms. The number of benzene rings is 1. The first-order chi connectivity index (χ1) is 20.7. The highest BCUT2D eigenvalue weighted by molar-refractivity contribution is 6.00. The number of anilines is 2. The predicted molar refractivity (Wildman–Crippen MR) is 162 cm³/mol. The molecule has 1 amide bonds. The number of amides is 1. The number of hydrogen-bond acceptors (Lipinski definition) is 9. The zero-order valence-electron chi connectivity index (χ0n) is 25.3. The third kappa shape index (κ3) is 6.49. The van der Waals surface area contributed by atoms with Crippen LogP contribution in [-0.4, -0.2) is 97.0 Å². The van der Waals surface area contributed by atoms with Gasteiger partial charge in [0.05, 0.1) is 18.5 Å². The van der Waals surface area contributed by atoms with Gasteiger partial charge in [-0.1, -0.05) is 6.58 Å². The van der Waals surface area contributed by atoms with Crippen LogP contribution in [0, 0.1) is 30.0 Å². The lowest BCUT2D eigenvalue weighted by molar-refractivity contribution is -0.128. The minimum absolute atomic E-state index is 0.0617. The number of likely N-dealkylation sites (tertiary alicyclic amines) is 1. The van der Waals surface area contributed by atoms with E-state index in [0.29, 0.717) is 57.1 Å². The second-order valence-corrected chi connectivity index (χ2v) is 11.9. The van der Waals surface area contributed by atoms with Crippen LogP contribution >= 0.6 is 0 Å². The van der Waals surface area contributed by atoms with Gasteiger partial charge in [-0.2, -0.15) is 15.2 Å². The normalized spacial score (nSPS) is 22.2. The van der Waals surface area contributed by atoms with Crippen molar-refractivity contribution < 1.29 is 18.7 Å². The van der Waals surface area contributed by atoms with Crippen LogP contribution in [0.2, 0.25) is 0 Å². The van der Waals surface area contributed by atoms with Crippen LogP contribution in [0.4, 0.5) is 15.9 Å². The number of nitriles is 1. The van der Waals surface area contributed by atoms with Gasteiger partial charge in [0.1, 0.15) is 23.9 Å². The number of carbonyl (C=O) groups excluding carboxylic acids is 2. The molecule has 2 aliphatic heterocycles. The first-order valence-electron chi connectivity index (χ1n) is 15.0. The monoisotopic (exact) mass is 589 g/mol. The molecular weight excluding hydrogens is 549 g/mol. The smallest absolute Gasteiger partial charge is 0.319 e. The minimum atomic E-state index is -0.328. The van der Waals surface area contributed by atoms with Crippen LogP contribution in [0.15, 0.2) is 30.9 Å². The topological polar surface area (TPSA) is 106 Å². The Kier molecular flexibility index (Phi) is 9.25. The highest BCUT2D eigenvalue weighted by Gasteiger charge is 2.37. The van der Waals surface area contributed by atoms with Crippen molar-refractivity contribution >= 4 is 23.2 Å². The number of likely N-dealkylation sites (N-methyl/N-ethyl adjacent to an activating group) is 1. The van der Waals surface area contributed by atoms with Crippen LogP contribution in [0.5, 0.6) is 6.01 Å². The molecule has 3 heterocycles. The Hall–Kier alpha value is -4.04. The molecule has 0 spiro atoms. The summed E-state index contributed by atoms with van der Waals surface area (Å²) in [5, 5.41) is 9.48. The number of Topliss-reactive ketones (excluding diaryl/α,β-unsaturated/α-hetero) is 1. The highest BCUT2D eigenvalue weighted by Crippen LogP contribution is 2.35. The van der Waals surface area contributed by atoms with Gasteiger partial charge >= 0.3 is 6.01 Å². The summed E-state index contributed by atoms with van der Waals surface area (Å²) >= 11 is 0. The van der Waals surface area contributed by atoms with E-state index in [4.69, 9.17) is 9.72 Å². The second-order valence-electron chi connectivity index (χ2n) is 11.9. The zero-order valence-corrected chi connectivity index (χ0v) is 25.3. The SMILES string of the molecule is C=CC(=O)N1CCN(c2nc(OCC3CCCN3C)nc3c2CC[C@@H](CN(C)c2ccc(F)cc2C)C3=O)CC1CC#N. The molecule has 5 rings (SSSR count). The molecule has 3 aliphatic rings. The Morgan fingerprint density at radius 1 is 1.26 bits per heavy atom. The van der Waals surface area contributed by atoms with Gasteiger partial charge in [0.2, 0.25) is 5.91 Å². The van der Waals surface area contributed by atoms with Gasteiger partial charge in [-0.3, -0.25) is 9.59 Å². The molecule has 3 atom stereocenters. The van der Waals surface area contributed by atoms with Gasteiger partial charge < -0.3 is 24.3 Å². The van der Waals surface area contributed by atoms with Crippen molar-refractivity contribution in [2.45, 2.75) is 51.1 Å². The van der Waals surface area contributed by atoms with Gasteiger partial charge in [0.25, 0.3) is 0 Å². The zero-order chi connectivity index (χ0) is 30.7. The lowest BCUT2D eigenvalue weighted by Gasteiger charge is -2.41. The van der Waals surface area contributed by atoms with Gasteiger partial charge in [0.15, 0.2) is 5.78 Å². The Morgan fingerprint density at radius 3 is 2.77 bits per heavy atom. The number of fused-ring (bicyclic) bond motifs is 1. The van der Waals surface area contributed by atoms with Crippen LogP contribution in [0.1, 0.15) is 47.3 Å². The first-order valence-corrected chi connectivity index (χ1v) is 15.0. The van der Waals surface area contributed by atoms with Crippen molar-refractivity contribution in [3.05, 3.63) is 53.5 Å². The molecule has 0 radical (unpaired) electrons. The van der Waals surface area contributed by atoms with E-state index < -0.39 is 0 Å². The van der Waals surface area contributed by atoms with E-state index in [1.807, 2.05) is 18.9 Å². The van der Waals surface area contributed by atoms with Crippen molar-refractivity contribution in [1.29, 1.82) is 5.26 Å². The van der Waals surface area contributed by atoms with Gasteiger partial charge in [0, 0.05) is 56.4 Å². The van der Waals surface area contributed by atoms with E-state index in [2.05, 4.69) is 34.5 Å². The van der Waals surface area contributed by atoms with Gasteiger partial charge in [-0.25, -0.2) is 4.39 Å². The van der Waals surface area contributed by atoms with E-state index >= 15 is 0 Å². The number of aromatic nitrogens is 2. The molecule has 2 unspecified atom stereocenters. The molecule has 228 valence electrons.